The normalized spacial score (nSPS) is 13.1. The summed E-state index contributed by atoms with van der Waals surface area (Å²) in [4.78, 5) is 43.8. The van der Waals surface area contributed by atoms with Crippen molar-refractivity contribution in [2.75, 3.05) is 11.9 Å². The summed E-state index contributed by atoms with van der Waals surface area (Å²) >= 11 is 4.98. The summed E-state index contributed by atoms with van der Waals surface area (Å²) in [6, 6.07) is 5.61. The standard InChI is InChI=1S/C22H23BrN4O3S/c1-13-10-14(23)6-7-16(13)26-18(28)8-9-24-19(29)11-27-12-25-21-20(22(27)30)15-4-2-3-5-17(15)31-21/h6-7,10,12H,2-5,8-9,11H2,1H3,(H,24,29)(H,26,28). The number of halogens is 1. The van der Waals surface area contributed by atoms with Gasteiger partial charge in [0.15, 0.2) is 0 Å². The molecule has 2 heterocycles. The summed E-state index contributed by atoms with van der Waals surface area (Å²) in [6.45, 7) is 1.99. The van der Waals surface area contributed by atoms with E-state index in [4.69, 9.17) is 0 Å². The lowest BCUT2D eigenvalue weighted by molar-refractivity contribution is -0.121. The van der Waals surface area contributed by atoms with Crippen molar-refractivity contribution in [1.82, 2.24) is 14.9 Å². The van der Waals surface area contributed by atoms with Crippen LogP contribution in [-0.2, 0) is 29.0 Å². The number of carbonyl (C=O) groups excluding carboxylic acids is 2. The van der Waals surface area contributed by atoms with Crippen LogP contribution in [0.15, 0.2) is 33.8 Å². The summed E-state index contributed by atoms with van der Waals surface area (Å²) in [6.07, 6.45) is 5.70. The van der Waals surface area contributed by atoms with Crippen molar-refractivity contribution in [1.29, 1.82) is 0 Å². The van der Waals surface area contributed by atoms with E-state index in [1.165, 1.54) is 15.8 Å². The highest BCUT2D eigenvalue weighted by Gasteiger charge is 2.20. The molecular formula is C22H23BrN4O3S. The molecule has 2 N–H and O–H groups in total. The van der Waals surface area contributed by atoms with Gasteiger partial charge in [-0.25, -0.2) is 4.98 Å². The first kappa shape index (κ1) is 21.7. The molecule has 0 aliphatic heterocycles. The Hall–Kier alpha value is -2.52. The van der Waals surface area contributed by atoms with E-state index in [9.17, 15) is 14.4 Å². The molecule has 162 valence electrons. The molecule has 0 fully saturated rings. The Morgan fingerprint density at radius 2 is 2.03 bits per heavy atom. The lowest BCUT2D eigenvalue weighted by Gasteiger charge is -2.11. The number of hydrogen-bond donors (Lipinski definition) is 2. The Bertz CT molecular complexity index is 1220. The minimum Gasteiger partial charge on any atom is -0.354 e. The van der Waals surface area contributed by atoms with E-state index in [0.29, 0.717) is 5.39 Å². The average Bonchev–Trinajstić information content (AvgIpc) is 3.11. The highest BCUT2D eigenvalue weighted by molar-refractivity contribution is 9.10. The molecule has 9 heteroatoms. The Balaban J connectivity index is 1.34. The van der Waals surface area contributed by atoms with E-state index in [-0.39, 0.29) is 36.9 Å². The predicted octanol–water partition coefficient (Wildman–Crippen LogP) is 3.55. The maximum atomic E-state index is 12.9. The first-order valence-corrected chi connectivity index (χ1v) is 11.9. The van der Waals surface area contributed by atoms with E-state index in [2.05, 4.69) is 31.5 Å². The number of hydrogen-bond acceptors (Lipinski definition) is 5. The van der Waals surface area contributed by atoms with Gasteiger partial charge in [0.1, 0.15) is 11.4 Å². The third-order valence-electron chi connectivity index (χ3n) is 5.39. The Morgan fingerprint density at radius 1 is 1.23 bits per heavy atom. The fourth-order valence-electron chi connectivity index (χ4n) is 3.80. The van der Waals surface area contributed by atoms with E-state index in [1.54, 1.807) is 11.3 Å². The van der Waals surface area contributed by atoms with Crippen LogP contribution in [0, 0.1) is 6.92 Å². The second-order valence-electron chi connectivity index (χ2n) is 7.68. The number of nitrogens with zero attached hydrogens (tertiary/aromatic N) is 2. The Kier molecular flexibility index (Phi) is 6.52. The molecule has 0 radical (unpaired) electrons. The van der Waals surface area contributed by atoms with Crippen LogP contribution in [0.2, 0.25) is 0 Å². The topological polar surface area (TPSA) is 93.1 Å². The molecule has 1 aromatic carbocycles. The van der Waals surface area contributed by atoms with Gasteiger partial charge in [-0.15, -0.1) is 11.3 Å². The molecule has 4 rings (SSSR count). The number of rotatable bonds is 6. The van der Waals surface area contributed by atoms with Gasteiger partial charge in [-0.2, -0.15) is 0 Å². The number of nitrogens with one attached hydrogen (secondary N) is 2. The van der Waals surface area contributed by atoms with Crippen LogP contribution in [0.4, 0.5) is 5.69 Å². The van der Waals surface area contributed by atoms with Crippen molar-refractivity contribution in [3.63, 3.8) is 0 Å². The smallest absolute Gasteiger partial charge is 0.262 e. The quantitative estimate of drug-likeness (QED) is 0.538. The van der Waals surface area contributed by atoms with E-state index in [1.807, 2.05) is 25.1 Å². The van der Waals surface area contributed by atoms with Crippen LogP contribution in [0.1, 0.15) is 35.3 Å². The molecule has 0 unspecified atom stereocenters. The van der Waals surface area contributed by atoms with Crippen LogP contribution in [0.3, 0.4) is 0 Å². The number of amides is 2. The van der Waals surface area contributed by atoms with Crippen molar-refractivity contribution >= 4 is 55.0 Å². The zero-order valence-electron chi connectivity index (χ0n) is 17.2. The third kappa shape index (κ3) is 4.88. The van der Waals surface area contributed by atoms with Crippen molar-refractivity contribution in [2.24, 2.45) is 0 Å². The first-order valence-electron chi connectivity index (χ1n) is 10.2. The highest BCUT2D eigenvalue weighted by atomic mass is 79.9. The minimum atomic E-state index is -0.319. The maximum Gasteiger partial charge on any atom is 0.262 e. The van der Waals surface area contributed by atoms with Crippen LogP contribution < -0.4 is 16.2 Å². The molecule has 1 aliphatic carbocycles. The van der Waals surface area contributed by atoms with E-state index < -0.39 is 0 Å². The zero-order valence-corrected chi connectivity index (χ0v) is 19.6. The SMILES string of the molecule is Cc1cc(Br)ccc1NC(=O)CCNC(=O)Cn1cnc2sc3c(c2c1=O)CCCC3. The van der Waals surface area contributed by atoms with Gasteiger partial charge in [0, 0.05) is 28.0 Å². The minimum absolute atomic E-state index is 0.111. The number of benzene rings is 1. The molecule has 0 saturated carbocycles. The number of aromatic nitrogens is 2. The molecule has 1 aliphatic rings. The van der Waals surface area contributed by atoms with Gasteiger partial charge in [-0.05, 0) is 61.9 Å². The molecule has 2 amide bonds. The second-order valence-corrected chi connectivity index (χ2v) is 9.68. The molecule has 0 saturated heterocycles. The summed E-state index contributed by atoms with van der Waals surface area (Å²) in [5.41, 5.74) is 2.63. The van der Waals surface area contributed by atoms with Crippen LogP contribution in [-0.4, -0.2) is 27.9 Å². The summed E-state index contributed by atoms with van der Waals surface area (Å²) in [5.74, 6) is -0.504. The Labute approximate surface area is 192 Å². The van der Waals surface area contributed by atoms with Gasteiger partial charge in [0.2, 0.25) is 11.8 Å². The molecule has 0 bridgehead atoms. The second kappa shape index (κ2) is 9.32. The number of aryl methyl sites for hydroxylation is 3. The van der Waals surface area contributed by atoms with Crippen molar-refractivity contribution < 1.29 is 9.59 Å². The third-order valence-corrected chi connectivity index (χ3v) is 7.09. The molecule has 7 nitrogen and oxygen atoms in total. The summed E-state index contributed by atoms with van der Waals surface area (Å²) in [7, 11) is 0. The van der Waals surface area contributed by atoms with E-state index >= 15 is 0 Å². The highest BCUT2D eigenvalue weighted by Crippen LogP contribution is 2.33. The lowest BCUT2D eigenvalue weighted by Crippen LogP contribution is -2.34. The summed E-state index contributed by atoms with van der Waals surface area (Å²) in [5, 5.41) is 6.22. The molecule has 0 spiro atoms. The van der Waals surface area contributed by atoms with Crippen molar-refractivity contribution in [2.45, 2.75) is 45.6 Å². The van der Waals surface area contributed by atoms with Gasteiger partial charge in [0.05, 0.1) is 11.7 Å². The van der Waals surface area contributed by atoms with Crippen molar-refractivity contribution in [3.8, 4) is 0 Å². The van der Waals surface area contributed by atoms with Gasteiger partial charge >= 0.3 is 0 Å². The lowest BCUT2D eigenvalue weighted by atomic mass is 9.97. The molecule has 2 aromatic heterocycles. The van der Waals surface area contributed by atoms with Gasteiger partial charge in [-0.1, -0.05) is 15.9 Å². The maximum absolute atomic E-state index is 12.9. The van der Waals surface area contributed by atoms with Crippen molar-refractivity contribution in [3.05, 3.63) is 55.4 Å². The largest absolute Gasteiger partial charge is 0.354 e. The zero-order chi connectivity index (χ0) is 22.0. The molecule has 31 heavy (non-hydrogen) atoms. The average molecular weight is 503 g/mol. The van der Waals surface area contributed by atoms with Crippen LogP contribution in [0.25, 0.3) is 10.2 Å². The van der Waals surface area contributed by atoms with Crippen LogP contribution in [0.5, 0.6) is 0 Å². The Morgan fingerprint density at radius 3 is 2.84 bits per heavy atom. The van der Waals surface area contributed by atoms with Gasteiger partial charge in [0.25, 0.3) is 5.56 Å². The number of fused-ring (bicyclic) bond motifs is 3. The van der Waals surface area contributed by atoms with Gasteiger partial charge < -0.3 is 10.6 Å². The number of anilines is 1. The van der Waals surface area contributed by atoms with Gasteiger partial charge in [-0.3, -0.25) is 19.0 Å². The molecule has 3 aromatic rings. The fourth-order valence-corrected chi connectivity index (χ4v) is 5.49. The van der Waals surface area contributed by atoms with Crippen LogP contribution >= 0.6 is 27.3 Å². The fraction of sp³-hybridized carbons (Fsp3) is 0.364. The predicted molar refractivity (Wildman–Crippen MR) is 126 cm³/mol. The monoisotopic (exact) mass is 502 g/mol. The molecular weight excluding hydrogens is 480 g/mol. The number of thiophene rings is 1. The summed E-state index contributed by atoms with van der Waals surface area (Å²) < 4.78 is 2.30. The molecule has 0 atom stereocenters. The number of carbonyl (C=O) groups is 2. The van der Waals surface area contributed by atoms with E-state index in [0.717, 1.165) is 51.8 Å². The first-order chi connectivity index (χ1) is 14.9.